The average molecular weight is 182 g/mol. The number of phenolic OH excluding ortho intramolecular Hbond substituents is 1. The number of hydrogen-bond acceptors (Lipinski definition) is 3. The van der Waals surface area contributed by atoms with Crippen LogP contribution in [-0.4, -0.2) is 15.3 Å². The zero-order valence-electron chi connectivity index (χ0n) is 7.73. The zero-order valence-corrected chi connectivity index (χ0v) is 7.73. The van der Waals surface area contributed by atoms with E-state index in [2.05, 4.69) is 0 Å². The van der Waals surface area contributed by atoms with Gasteiger partial charge in [0.25, 0.3) is 0 Å². The van der Waals surface area contributed by atoms with E-state index in [0.29, 0.717) is 0 Å². The van der Waals surface area contributed by atoms with Gasteiger partial charge in [0.05, 0.1) is 0 Å². The zero-order chi connectivity index (χ0) is 10.0. The Morgan fingerprint density at radius 1 is 1.08 bits per heavy atom. The van der Waals surface area contributed by atoms with Crippen molar-refractivity contribution in [1.82, 2.24) is 0 Å². The molecule has 0 heterocycles. The van der Waals surface area contributed by atoms with Crippen molar-refractivity contribution in [1.29, 1.82) is 0 Å². The maximum absolute atomic E-state index is 9.61. The van der Waals surface area contributed by atoms with Gasteiger partial charge in [-0.1, -0.05) is 32.0 Å². The fraction of sp³-hybridized carbons (Fsp3) is 0.400. The minimum absolute atomic E-state index is 0.0208. The van der Waals surface area contributed by atoms with Gasteiger partial charge in [-0.05, 0) is 11.5 Å². The van der Waals surface area contributed by atoms with Gasteiger partial charge in [0, 0.05) is 5.56 Å². The minimum atomic E-state index is -1.61. The quantitative estimate of drug-likeness (QED) is 0.607. The first-order valence-electron chi connectivity index (χ1n) is 4.22. The molecule has 0 bridgehead atoms. The average Bonchev–Trinajstić information content (AvgIpc) is 2.03. The fourth-order valence-corrected chi connectivity index (χ4v) is 1.25. The van der Waals surface area contributed by atoms with Gasteiger partial charge in [0.1, 0.15) is 5.75 Å². The van der Waals surface area contributed by atoms with E-state index in [9.17, 15) is 5.11 Å². The predicted molar refractivity (Wildman–Crippen MR) is 49.4 cm³/mol. The summed E-state index contributed by atoms with van der Waals surface area (Å²) >= 11 is 0. The lowest BCUT2D eigenvalue weighted by Gasteiger charge is -2.12. The summed E-state index contributed by atoms with van der Waals surface area (Å²) in [6, 6.07) is 4.96. The number of phenols is 1. The molecule has 1 rings (SSSR count). The highest BCUT2D eigenvalue weighted by Gasteiger charge is 2.13. The first-order chi connectivity index (χ1) is 6.04. The summed E-state index contributed by atoms with van der Waals surface area (Å²) in [7, 11) is 0. The molecule has 0 aliphatic rings. The molecule has 3 N–H and O–H groups in total. The monoisotopic (exact) mass is 182 g/mol. The molecule has 3 nitrogen and oxygen atoms in total. The Morgan fingerprint density at radius 2 is 1.62 bits per heavy atom. The molecule has 0 amide bonds. The third-order valence-corrected chi connectivity index (χ3v) is 2.00. The standard InChI is InChI=1S/C10H14O3/c1-6(2)7-4-3-5-8(9(7)11)10(12)13/h3-6,10-13H,1-2H3. The van der Waals surface area contributed by atoms with Gasteiger partial charge in [-0.2, -0.15) is 0 Å². The second kappa shape index (κ2) is 3.77. The van der Waals surface area contributed by atoms with Crippen molar-refractivity contribution < 1.29 is 15.3 Å². The van der Waals surface area contributed by atoms with Crippen molar-refractivity contribution in [3.63, 3.8) is 0 Å². The van der Waals surface area contributed by atoms with Crippen LogP contribution in [0.3, 0.4) is 0 Å². The van der Waals surface area contributed by atoms with E-state index in [4.69, 9.17) is 10.2 Å². The minimum Gasteiger partial charge on any atom is -0.507 e. The Hall–Kier alpha value is -1.06. The maximum atomic E-state index is 9.61. The molecular weight excluding hydrogens is 168 g/mol. The third kappa shape index (κ3) is 1.99. The van der Waals surface area contributed by atoms with Crippen molar-refractivity contribution >= 4 is 0 Å². The molecule has 0 fully saturated rings. The van der Waals surface area contributed by atoms with Crippen LogP contribution in [0.2, 0.25) is 0 Å². The van der Waals surface area contributed by atoms with Crippen molar-refractivity contribution in [3.8, 4) is 5.75 Å². The van der Waals surface area contributed by atoms with Gasteiger partial charge in [0.15, 0.2) is 6.29 Å². The van der Waals surface area contributed by atoms with Gasteiger partial charge in [-0.3, -0.25) is 0 Å². The molecule has 0 aliphatic carbocycles. The van der Waals surface area contributed by atoms with E-state index in [-0.39, 0.29) is 17.2 Å². The Labute approximate surface area is 77.3 Å². The first kappa shape index (κ1) is 10.0. The molecule has 0 aromatic heterocycles. The SMILES string of the molecule is CC(C)c1cccc(C(O)O)c1O. The van der Waals surface area contributed by atoms with Crippen LogP contribution < -0.4 is 0 Å². The molecule has 0 saturated carbocycles. The third-order valence-electron chi connectivity index (χ3n) is 2.00. The molecule has 1 aromatic carbocycles. The van der Waals surface area contributed by atoms with Crippen LogP contribution in [0.1, 0.15) is 37.2 Å². The first-order valence-corrected chi connectivity index (χ1v) is 4.22. The summed E-state index contributed by atoms with van der Waals surface area (Å²) in [5.74, 6) is 0.145. The summed E-state index contributed by atoms with van der Waals surface area (Å²) in [4.78, 5) is 0. The fourth-order valence-electron chi connectivity index (χ4n) is 1.25. The highest BCUT2D eigenvalue weighted by Crippen LogP contribution is 2.31. The number of rotatable bonds is 2. The number of aliphatic hydroxyl groups excluding tert-OH is 1. The van der Waals surface area contributed by atoms with Gasteiger partial charge < -0.3 is 15.3 Å². The van der Waals surface area contributed by atoms with Crippen LogP contribution in [0.5, 0.6) is 5.75 Å². The summed E-state index contributed by atoms with van der Waals surface area (Å²) in [5, 5.41) is 27.4. The molecular formula is C10H14O3. The number of aromatic hydroxyl groups is 1. The number of para-hydroxylation sites is 1. The maximum Gasteiger partial charge on any atom is 0.182 e. The molecule has 0 radical (unpaired) electrons. The van der Waals surface area contributed by atoms with E-state index in [0.717, 1.165) is 5.56 Å². The second-order valence-corrected chi connectivity index (χ2v) is 3.31. The van der Waals surface area contributed by atoms with Crippen LogP contribution in [0, 0.1) is 0 Å². The molecule has 0 aliphatic heterocycles. The van der Waals surface area contributed by atoms with Gasteiger partial charge >= 0.3 is 0 Å². The molecule has 0 unspecified atom stereocenters. The van der Waals surface area contributed by atoms with E-state index in [1.165, 1.54) is 6.07 Å². The van der Waals surface area contributed by atoms with E-state index in [1.54, 1.807) is 12.1 Å². The van der Waals surface area contributed by atoms with Crippen LogP contribution >= 0.6 is 0 Å². The Kier molecular flexibility index (Phi) is 2.90. The summed E-state index contributed by atoms with van der Waals surface area (Å²) in [6.07, 6.45) is -1.61. The van der Waals surface area contributed by atoms with Crippen molar-refractivity contribution in [2.75, 3.05) is 0 Å². The molecule has 72 valence electrons. The summed E-state index contributed by atoms with van der Waals surface area (Å²) in [6.45, 7) is 3.87. The van der Waals surface area contributed by atoms with E-state index in [1.807, 2.05) is 13.8 Å². The number of aliphatic hydroxyl groups is 2. The van der Waals surface area contributed by atoms with Crippen molar-refractivity contribution in [2.45, 2.75) is 26.1 Å². The van der Waals surface area contributed by atoms with Crippen LogP contribution in [0.15, 0.2) is 18.2 Å². The molecule has 3 heteroatoms. The molecule has 0 saturated heterocycles. The second-order valence-electron chi connectivity index (χ2n) is 3.31. The molecule has 1 aromatic rings. The van der Waals surface area contributed by atoms with Crippen LogP contribution in [0.4, 0.5) is 0 Å². The summed E-state index contributed by atoms with van der Waals surface area (Å²) in [5.41, 5.74) is 0.886. The Balaban J connectivity index is 3.18. The normalized spacial score (nSPS) is 11.2. The van der Waals surface area contributed by atoms with Crippen LogP contribution in [-0.2, 0) is 0 Å². The number of benzene rings is 1. The highest BCUT2D eigenvalue weighted by molar-refractivity contribution is 5.42. The predicted octanol–water partition coefficient (Wildman–Crippen LogP) is 1.50. The van der Waals surface area contributed by atoms with Crippen LogP contribution in [0.25, 0.3) is 0 Å². The lowest BCUT2D eigenvalue weighted by Crippen LogP contribution is -1.98. The van der Waals surface area contributed by atoms with Gasteiger partial charge in [0.2, 0.25) is 0 Å². The lowest BCUT2D eigenvalue weighted by atomic mass is 9.99. The smallest absolute Gasteiger partial charge is 0.182 e. The van der Waals surface area contributed by atoms with Gasteiger partial charge in [-0.15, -0.1) is 0 Å². The lowest BCUT2D eigenvalue weighted by molar-refractivity contribution is -0.0439. The molecule has 0 atom stereocenters. The number of hydrogen-bond donors (Lipinski definition) is 3. The molecule has 13 heavy (non-hydrogen) atoms. The Morgan fingerprint density at radius 3 is 2.08 bits per heavy atom. The molecule has 0 spiro atoms. The topological polar surface area (TPSA) is 60.7 Å². The van der Waals surface area contributed by atoms with E-state index < -0.39 is 6.29 Å². The summed E-state index contributed by atoms with van der Waals surface area (Å²) < 4.78 is 0. The highest BCUT2D eigenvalue weighted by atomic mass is 16.5. The van der Waals surface area contributed by atoms with Crippen molar-refractivity contribution in [2.24, 2.45) is 0 Å². The van der Waals surface area contributed by atoms with Gasteiger partial charge in [-0.25, -0.2) is 0 Å². The largest absolute Gasteiger partial charge is 0.507 e. The van der Waals surface area contributed by atoms with Crippen molar-refractivity contribution in [3.05, 3.63) is 29.3 Å². The van der Waals surface area contributed by atoms with E-state index >= 15 is 0 Å². The Bertz CT molecular complexity index is 266.